The summed E-state index contributed by atoms with van der Waals surface area (Å²) in [6, 6.07) is 21.5. The Morgan fingerprint density at radius 3 is 2.50 bits per heavy atom. The summed E-state index contributed by atoms with van der Waals surface area (Å²) < 4.78 is 1.36. The van der Waals surface area contributed by atoms with Crippen LogP contribution in [-0.4, -0.2) is 15.5 Å². The number of rotatable bonds is 6. The molecule has 0 radical (unpaired) electrons. The number of carbonyl (C=O) groups is 1. The molecule has 2 heterocycles. The zero-order valence-electron chi connectivity index (χ0n) is 15.1. The molecule has 28 heavy (non-hydrogen) atoms. The van der Waals surface area contributed by atoms with Gasteiger partial charge in [0.15, 0.2) is 0 Å². The van der Waals surface area contributed by atoms with E-state index in [1.807, 2.05) is 66.0 Å². The van der Waals surface area contributed by atoms with Gasteiger partial charge in [-0.1, -0.05) is 60.7 Å². The molecule has 2 aromatic carbocycles. The van der Waals surface area contributed by atoms with Crippen molar-refractivity contribution in [2.24, 2.45) is 0 Å². The van der Waals surface area contributed by atoms with Crippen molar-refractivity contribution >= 4 is 27.5 Å². The first-order valence-corrected chi connectivity index (χ1v) is 9.89. The number of carbonyl (C=O) groups excluding carboxylic acids is 1. The van der Waals surface area contributed by atoms with Crippen LogP contribution >= 0.6 is 11.3 Å². The number of nitrogens with one attached hydrogen (secondary N) is 1. The molecule has 1 unspecified atom stereocenters. The summed E-state index contributed by atoms with van der Waals surface area (Å²) in [5, 5.41) is 5.45. The number of hydrogen-bond acceptors (Lipinski definition) is 4. The molecule has 1 atom stereocenters. The third kappa shape index (κ3) is 4.02. The van der Waals surface area contributed by atoms with Crippen LogP contribution in [0.25, 0.3) is 10.2 Å². The molecule has 0 spiro atoms. The largest absolute Gasteiger partial charge is 0.347 e. The molecule has 0 fully saturated rings. The summed E-state index contributed by atoms with van der Waals surface area (Å²) in [5.41, 5.74) is 1.97. The van der Waals surface area contributed by atoms with E-state index in [1.54, 1.807) is 6.07 Å². The lowest BCUT2D eigenvalue weighted by Gasteiger charge is -2.20. The van der Waals surface area contributed by atoms with Gasteiger partial charge in [0, 0.05) is 0 Å². The summed E-state index contributed by atoms with van der Waals surface area (Å²) in [4.78, 5) is 30.2. The Kier molecular flexibility index (Phi) is 5.30. The van der Waals surface area contributed by atoms with E-state index in [0.29, 0.717) is 16.6 Å². The van der Waals surface area contributed by atoms with Gasteiger partial charge in [0.2, 0.25) is 5.91 Å². The molecule has 1 amide bonds. The van der Waals surface area contributed by atoms with Crippen molar-refractivity contribution in [2.45, 2.75) is 19.0 Å². The molecule has 0 bridgehead atoms. The summed E-state index contributed by atoms with van der Waals surface area (Å²) in [6.07, 6.45) is 2.11. The minimum absolute atomic E-state index is 0.0598. The van der Waals surface area contributed by atoms with Crippen molar-refractivity contribution in [2.75, 3.05) is 0 Å². The first kappa shape index (κ1) is 18.1. The average molecular weight is 389 g/mol. The molecule has 5 nitrogen and oxygen atoms in total. The number of nitrogens with zero attached hydrogens (tertiary/aromatic N) is 2. The smallest absolute Gasteiger partial charge is 0.262 e. The highest BCUT2D eigenvalue weighted by Crippen LogP contribution is 2.18. The molecule has 4 rings (SSSR count). The molecule has 0 aliphatic rings. The van der Waals surface area contributed by atoms with Gasteiger partial charge in [0.1, 0.15) is 11.4 Å². The van der Waals surface area contributed by atoms with Crippen LogP contribution in [0, 0.1) is 0 Å². The maximum atomic E-state index is 12.7. The summed E-state index contributed by atoms with van der Waals surface area (Å²) in [7, 11) is 0. The topological polar surface area (TPSA) is 64.0 Å². The van der Waals surface area contributed by atoms with Gasteiger partial charge in [-0.25, -0.2) is 4.98 Å². The van der Waals surface area contributed by atoms with E-state index in [0.717, 1.165) is 11.1 Å². The molecular formula is C22H19N3O2S. The molecule has 0 saturated carbocycles. The standard InChI is InChI=1S/C22H19N3O2S/c26-20(14-25-15-23-21-18(22(25)27)11-12-28-21)24-19(17-9-5-2-6-10-17)13-16-7-3-1-4-8-16/h1-12,15,19H,13-14H2,(H,24,26). The third-order valence-corrected chi connectivity index (χ3v) is 5.40. The Morgan fingerprint density at radius 1 is 1.04 bits per heavy atom. The SMILES string of the molecule is O=C(Cn1cnc2sccc2c1=O)NC(Cc1ccccc1)c1ccccc1. The van der Waals surface area contributed by atoms with Gasteiger partial charge in [-0.2, -0.15) is 0 Å². The quantitative estimate of drug-likeness (QED) is 0.548. The predicted molar refractivity (Wildman–Crippen MR) is 111 cm³/mol. The number of fused-ring (bicyclic) bond motifs is 1. The van der Waals surface area contributed by atoms with Gasteiger partial charge >= 0.3 is 0 Å². The van der Waals surface area contributed by atoms with E-state index >= 15 is 0 Å². The van der Waals surface area contributed by atoms with Crippen LogP contribution < -0.4 is 10.9 Å². The lowest BCUT2D eigenvalue weighted by molar-refractivity contribution is -0.122. The lowest BCUT2D eigenvalue weighted by atomic mass is 9.99. The highest BCUT2D eigenvalue weighted by atomic mass is 32.1. The minimum Gasteiger partial charge on any atom is -0.347 e. The Bertz CT molecular complexity index is 1140. The van der Waals surface area contributed by atoms with Gasteiger partial charge in [0.05, 0.1) is 17.8 Å². The summed E-state index contributed by atoms with van der Waals surface area (Å²) in [6.45, 7) is -0.0598. The first-order valence-electron chi connectivity index (χ1n) is 9.01. The van der Waals surface area contributed by atoms with E-state index in [9.17, 15) is 9.59 Å². The second-order valence-corrected chi connectivity index (χ2v) is 7.43. The Labute approximate surface area is 166 Å². The fourth-order valence-electron chi connectivity index (χ4n) is 3.19. The van der Waals surface area contributed by atoms with Crippen LogP contribution in [0.15, 0.2) is 83.2 Å². The van der Waals surface area contributed by atoms with Gasteiger partial charge < -0.3 is 5.32 Å². The van der Waals surface area contributed by atoms with Gasteiger partial charge in [-0.3, -0.25) is 14.2 Å². The van der Waals surface area contributed by atoms with Crippen LogP contribution in [-0.2, 0) is 17.8 Å². The van der Waals surface area contributed by atoms with Gasteiger partial charge in [0.25, 0.3) is 5.56 Å². The number of thiophene rings is 1. The molecule has 140 valence electrons. The van der Waals surface area contributed by atoms with Crippen LogP contribution in [0.3, 0.4) is 0 Å². The molecule has 2 aromatic heterocycles. The van der Waals surface area contributed by atoms with Crippen molar-refractivity contribution in [1.29, 1.82) is 0 Å². The first-order chi connectivity index (χ1) is 13.7. The van der Waals surface area contributed by atoms with Gasteiger partial charge in [-0.05, 0) is 29.0 Å². The number of amides is 1. The molecule has 4 aromatic rings. The van der Waals surface area contributed by atoms with Gasteiger partial charge in [-0.15, -0.1) is 11.3 Å². The second-order valence-electron chi connectivity index (χ2n) is 6.54. The van der Waals surface area contributed by atoms with E-state index in [1.165, 1.54) is 22.2 Å². The summed E-state index contributed by atoms with van der Waals surface area (Å²) >= 11 is 1.41. The third-order valence-electron chi connectivity index (χ3n) is 4.58. The highest BCUT2D eigenvalue weighted by Gasteiger charge is 2.16. The molecule has 0 aliphatic heterocycles. The van der Waals surface area contributed by atoms with Crippen LogP contribution in [0.1, 0.15) is 17.2 Å². The van der Waals surface area contributed by atoms with E-state index in [2.05, 4.69) is 10.3 Å². The highest BCUT2D eigenvalue weighted by molar-refractivity contribution is 7.16. The van der Waals surface area contributed by atoms with Crippen molar-refractivity contribution in [1.82, 2.24) is 14.9 Å². The van der Waals surface area contributed by atoms with E-state index < -0.39 is 0 Å². The Morgan fingerprint density at radius 2 is 1.75 bits per heavy atom. The van der Waals surface area contributed by atoms with E-state index in [4.69, 9.17) is 0 Å². The van der Waals surface area contributed by atoms with Crippen LogP contribution in [0.4, 0.5) is 0 Å². The Balaban J connectivity index is 1.54. The number of hydrogen-bond donors (Lipinski definition) is 1. The minimum atomic E-state index is -0.219. The molecule has 0 saturated heterocycles. The maximum absolute atomic E-state index is 12.7. The lowest BCUT2D eigenvalue weighted by Crippen LogP contribution is -2.35. The average Bonchev–Trinajstić information content (AvgIpc) is 3.21. The molecule has 0 aliphatic carbocycles. The second kappa shape index (κ2) is 8.19. The van der Waals surface area contributed by atoms with Crippen molar-refractivity contribution in [3.05, 3.63) is 99.9 Å². The van der Waals surface area contributed by atoms with Crippen molar-refractivity contribution in [3.63, 3.8) is 0 Å². The van der Waals surface area contributed by atoms with E-state index in [-0.39, 0.29) is 24.1 Å². The van der Waals surface area contributed by atoms with Crippen molar-refractivity contribution in [3.8, 4) is 0 Å². The zero-order chi connectivity index (χ0) is 19.3. The predicted octanol–water partition coefficient (Wildman–Crippen LogP) is 3.56. The number of benzene rings is 2. The van der Waals surface area contributed by atoms with Crippen LogP contribution in [0.2, 0.25) is 0 Å². The maximum Gasteiger partial charge on any atom is 0.262 e. The molecule has 6 heteroatoms. The molecule has 1 N–H and O–H groups in total. The van der Waals surface area contributed by atoms with Crippen molar-refractivity contribution < 1.29 is 4.79 Å². The molecular weight excluding hydrogens is 370 g/mol. The monoisotopic (exact) mass is 389 g/mol. The zero-order valence-corrected chi connectivity index (χ0v) is 15.9. The van der Waals surface area contributed by atoms with Crippen LogP contribution in [0.5, 0.6) is 0 Å². The fraction of sp³-hybridized carbons (Fsp3) is 0.136. The fourth-order valence-corrected chi connectivity index (χ4v) is 3.91. The Hall–Kier alpha value is -3.25. The summed E-state index contributed by atoms with van der Waals surface area (Å²) in [5.74, 6) is -0.219. The normalized spacial score (nSPS) is 12.0. The number of aromatic nitrogens is 2.